The van der Waals surface area contributed by atoms with E-state index in [-0.39, 0.29) is 6.61 Å². The number of aromatic hydroxyl groups is 1. The van der Waals surface area contributed by atoms with Crippen LogP contribution in [-0.4, -0.2) is 30.9 Å². The highest BCUT2D eigenvalue weighted by atomic mass is 19.4. The third kappa shape index (κ3) is 7.43. The van der Waals surface area contributed by atoms with Crippen LogP contribution in [0.15, 0.2) is 47.5 Å². The Morgan fingerprint density at radius 3 is 2.14 bits per heavy atom. The lowest BCUT2D eigenvalue weighted by Crippen LogP contribution is -2.36. The Bertz CT molecular complexity index is 793. The second-order valence-corrected chi connectivity index (χ2v) is 5.99. The number of phenols is 1. The molecule has 0 unspecified atom stereocenters. The standard InChI is InChI=1S/C19H21F4N3O2/c1-24-18(26-10-15-6-7-17(27)16(20)8-15)25-9-13-2-4-14(5-3-13)11-28-12-19(21,22)23/h2-8,27H,9-12H2,1H3,(H2,24,25,26). The summed E-state index contributed by atoms with van der Waals surface area (Å²) >= 11 is 0. The fourth-order valence-electron chi connectivity index (χ4n) is 2.29. The van der Waals surface area contributed by atoms with E-state index >= 15 is 0 Å². The van der Waals surface area contributed by atoms with E-state index in [1.54, 1.807) is 37.4 Å². The van der Waals surface area contributed by atoms with Gasteiger partial charge in [0.15, 0.2) is 17.5 Å². The van der Waals surface area contributed by atoms with Crippen molar-refractivity contribution >= 4 is 5.96 Å². The minimum Gasteiger partial charge on any atom is -0.505 e. The van der Waals surface area contributed by atoms with Gasteiger partial charge in [-0.15, -0.1) is 0 Å². The van der Waals surface area contributed by atoms with E-state index in [0.717, 1.165) is 5.56 Å². The Morgan fingerprint density at radius 2 is 1.57 bits per heavy atom. The highest BCUT2D eigenvalue weighted by Gasteiger charge is 2.27. The van der Waals surface area contributed by atoms with Crippen molar-refractivity contribution in [2.75, 3.05) is 13.7 Å². The third-order valence-corrected chi connectivity index (χ3v) is 3.71. The Labute approximate surface area is 160 Å². The van der Waals surface area contributed by atoms with E-state index in [2.05, 4.69) is 20.4 Å². The number of hydrogen-bond acceptors (Lipinski definition) is 3. The van der Waals surface area contributed by atoms with Crippen molar-refractivity contribution in [2.24, 2.45) is 4.99 Å². The molecule has 0 atom stereocenters. The van der Waals surface area contributed by atoms with Crippen molar-refractivity contribution in [1.82, 2.24) is 10.6 Å². The van der Waals surface area contributed by atoms with Crippen LogP contribution in [-0.2, 0) is 24.4 Å². The van der Waals surface area contributed by atoms with E-state index in [1.165, 1.54) is 12.1 Å². The van der Waals surface area contributed by atoms with Crippen LogP contribution in [0.5, 0.6) is 5.75 Å². The van der Waals surface area contributed by atoms with Crippen molar-refractivity contribution in [3.8, 4) is 5.75 Å². The van der Waals surface area contributed by atoms with Gasteiger partial charge < -0.3 is 20.5 Å². The van der Waals surface area contributed by atoms with Crippen molar-refractivity contribution in [3.63, 3.8) is 0 Å². The largest absolute Gasteiger partial charge is 0.505 e. The first-order valence-electron chi connectivity index (χ1n) is 8.41. The van der Waals surface area contributed by atoms with Crippen LogP contribution >= 0.6 is 0 Å². The van der Waals surface area contributed by atoms with Gasteiger partial charge in [0.2, 0.25) is 0 Å². The molecule has 2 rings (SSSR count). The number of guanidine groups is 1. The molecule has 5 nitrogen and oxygen atoms in total. The molecule has 0 aliphatic heterocycles. The zero-order valence-corrected chi connectivity index (χ0v) is 15.2. The zero-order valence-electron chi connectivity index (χ0n) is 15.2. The number of alkyl halides is 3. The van der Waals surface area contributed by atoms with Crippen LogP contribution < -0.4 is 10.6 Å². The predicted octanol–water partition coefficient (Wildman–Crippen LogP) is 3.48. The molecule has 2 aromatic rings. The Balaban J connectivity index is 1.78. The molecule has 0 bridgehead atoms. The second-order valence-electron chi connectivity index (χ2n) is 5.99. The van der Waals surface area contributed by atoms with Gasteiger partial charge in [-0.25, -0.2) is 4.39 Å². The summed E-state index contributed by atoms with van der Waals surface area (Å²) in [5.74, 6) is -0.605. The van der Waals surface area contributed by atoms with Crippen LogP contribution in [0.4, 0.5) is 17.6 Å². The van der Waals surface area contributed by atoms with E-state index in [4.69, 9.17) is 0 Å². The summed E-state index contributed by atoms with van der Waals surface area (Å²) in [5.41, 5.74) is 2.18. The highest BCUT2D eigenvalue weighted by molar-refractivity contribution is 5.79. The maximum Gasteiger partial charge on any atom is 0.411 e. The van der Waals surface area contributed by atoms with Gasteiger partial charge in [0.05, 0.1) is 6.61 Å². The topological polar surface area (TPSA) is 65.9 Å². The molecule has 152 valence electrons. The Kier molecular flexibility index (Phi) is 7.62. The van der Waals surface area contributed by atoms with E-state index in [9.17, 15) is 22.7 Å². The minimum atomic E-state index is -4.33. The van der Waals surface area contributed by atoms with Crippen LogP contribution in [0.2, 0.25) is 0 Å². The molecule has 0 fully saturated rings. The number of halogens is 4. The fourth-order valence-corrected chi connectivity index (χ4v) is 2.29. The van der Waals surface area contributed by atoms with Crippen molar-refractivity contribution in [3.05, 3.63) is 65.0 Å². The van der Waals surface area contributed by atoms with Crippen LogP contribution in [0, 0.1) is 5.82 Å². The highest BCUT2D eigenvalue weighted by Crippen LogP contribution is 2.16. The molecule has 9 heteroatoms. The molecule has 0 aromatic heterocycles. The summed E-state index contributed by atoms with van der Waals surface area (Å²) in [4.78, 5) is 4.06. The number of nitrogens with one attached hydrogen (secondary N) is 2. The molecule has 0 heterocycles. The van der Waals surface area contributed by atoms with E-state index in [1.807, 2.05) is 0 Å². The average molecular weight is 399 g/mol. The summed E-state index contributed by atoms with van der Waals surface area (Å²) in [6.07, 6.45) is -4.33. The van der Waals surface area contributed by atoms with Gasteiger partial charge in [0, 0.05) is 20.1 Å². The molecular weight excluding hydrogens is 378 g/mol. The number of ether oxygens (including phenoxy) is 1. The van der Waals surface area contributed by atoms with Gasteiger partial charge in [-0.1, -0.05) is 30.3 Å². The molecule has 0 saturated heterocycles. The smallest absolute Gasteiger partial charge is 0.411 e. The predicted molar refractivity (Wildman–Crippen MR) is 97.3 cm³/mol. The SMILES string of the molecule is CN=C(NCc1ccc(COCC(F)(F)F)cc1)NCc1ccc(O)c(F)c1. The monoisotopic (exact) mass is 399 g/mol. The summed E-state index contributed by atoms with van der Waals surface area (Å²) in [7, 11) is 1.59. The van der Waals surface area contributed by atoms with E-state index < -0.39 is 24.3 Å². The Morgan fingerprint density at radius 1 is 1.00 bits per heavy atom. The summed E-state index contributed by atoms with van der Waals surface area (Å²) in [5, 5.41) is 15.3. The van der Waals surface area contributed by atoms with Gasteiger partial charge >= 0.3 is 6.18 Å². The zero-order chi connectivity index (χ0) is 20.6. The van der Waals surface area contributed by atoms with Gasteiger partial charge in [-0.3, -0.25) is 4.99 Å². The maximum atomic E-state index is 13.3. The molecule has 3 N–H and O–H groups in total. The van der Waals surface area contributed by atoms with Gasteiger partial charge in [-0.05, 0) is 28.8 Å². The molecule has 2 aromatic carbocycles. The Hall–Kier alpha value is -2.81. The van der Waals surface area contributed by atoms with Crippen LogP contribution in [0.25, 0.3) is 0 Å². The van der Waals surface area contributed by atoms with E-state index in [0.29, 0.717) is 30.2 Å². The third-order valence-electron chi connectivity index (χ3n) is 3.71. The van der Waals surface area contributed by atoms with Crippen molar-refractivity contribution in [2.45, 2.75) is 25.9 Å². The lowest BCUT2D eigenvalue weighted by Gasteiger charge is -2.13. The molecule has 0 radical (unpaired) electrons. The normalized spacial score (nSPS) is 12.1. The lowest BCUT2D eigenvalue weighted by molar-refractivity contribution is -0.176. The summed E-state index contributed by atoms with van der Waals surface area (Å²) in [6, 6.07) is 11.1. The first-order valence-corrected chi connectivity index (χ1v) is 8.41. The lowest BCUT2D eigenvalue weighted by atomic mass is 10.1. The molecular formula is C19H21F4N3O2. The van der Waals surface area contributed by atoms with Crippen LogP contribution in [0.1, 0.15) is 16.7 Å². The number of phenolic OH excluding ortho intramolecular Hbond substituents is 1. The van der Waals surface area contributed by atoms with Crippen molar-refractivity contribution in [1.29, 1.82) is 0 Å². The molecule has 0 aliphatic carbocycles. The summed E-state index contributed by atoms with van der Waals surface area (Å²) < 4.78 is 54.1. The van der Waals surface area contributed by atoms with Gasteiger partial charge in [0.1, 0.15) is 6.61 Å². The molecule has 0 saturated carbocycles. The number of nitrogens with zero attached hydrogens (tertiary/aromatic N) is 1. The number of hydrogen-bond donors (Lipinski definition) is 3. The number of aliphatic imine (C=N–C) groups is 1. The minimum absolute atomic E-state index is 0.111. The average Bonchev–Trinajstić information content (AvgIpc) is 2.65. The first-order chi connectivity index (χ1) is 13.3. The van der Waals surface area contributed by atoms with Gasteiger partial charge in [0.25, 0.3) is 0 Å². The fraction of sp³-hybridized carbons (Fsp3) is 0.316. The number of benzene rings is 2. The molecule has 0 amide bonds. The second kappa shape index (κ2) is 9.93. The van der Waals surface area contributed by atoms with Crippen LogP contribution in [0.3, 0.4) is 0 Å². The maximum absolute atomic E-state index is 13.3. The molecule has 0 spiro atoms. The molecule has 0 aliphatic rings. The first kappa shape index (κ1) is 21.5. The van der Waals surface area contributed by atoms with Crippen molar-refractivity contribution < 1.29 is 27.4 Å². The number of rotatable bonds is 7. The van der Waals surface area contributed by atoms with Gasteiger partial charge in [-0.2, -0.15) is 13.2 Å². The molecule has 28 heavy (non-hydrogen) atoms. The summed E-state index contributed by atoms with van der Waals surface area (Å²) in [6.45, 7) is -0.636. The quantitative estimate of drug-likeness (QED) is 0.379.